The number of hydrogen-bond acceptors (Lipinski definition) is 7. The van der Waals surface area contributed by atoms with E-state index >= 15 is 0 Å². The van der Waals surface area contributed by atoms with E-state index in [1.54, 1.807) is 25.1 Å². The molecule has 2 aromatic carbocycles. The van der Waals surface area contributed by atoms with Crippen molar-refractivity contribution in [1.82, 2.24) is 9.88 Å². The number of pyridine rings is 1. The molecule has 0 bridgehead atoms. The average molecular weight is 478 g/mol. The number of methoxy groups -OCH3 is 2. The van der Waals surface area contributed by atoms with Crippen molar-refractivity contribution in [2.75, 3.05) is 32.6 Å². The molecule has 1 aliphatic rings. The molecule has 4 rings (SSSR count). The second kappa shape index (κ2) is 10.7. The zero-order valence-corrected chi connectivity index (χ0v) is 20.6. The highest BCUT2D eigenvalue weighted by Crippen LogP contribution is 2.30. The normalized spacial score (nSPS) is 14.2. The van der Waals surface area contributed by atoms with Gasteiger partial charge < -0.3 is 19.5 Å². The van der Waals surface area contributed by atoms with Gasteiger partial charge in [-0.25, -0.2) is 4.79 Å². The van der Waals surface area contributed by atoms with Gasteiger partial charge in [-0.1, -0.05) is 25.1 Å². The molecule has 0 spiro atoms. The summed E-state index contributed by atoms with van der Waals surface area (Å²) < 4.78 is 16.2. The Bertz CT molecular complexity index is 1220. The number of aromatic nitrogens is 1. The lowest BCUT2D eigenvalue weighted by atomic mass is 9.95. The number of fused-ring (bicyclic) bond motifs is 2. The number of hydrogen-bond donors (Lipinski definition) is 1. The molecule has 0 saturated heterocycles. The van der Waals surface area contributed by atoms with E-state index in [1.165, 1.54) is 14.2 Å². The molecule has 1 atom stereocenters. The number of para-hydroxylation sites is 1. The first-order valence-corrected chi connectivity index (χ1v) is 11.8. The van der Waals surface area contributed by atoms with Crippen LogP contribution in [0.3, 0.4) is 0 Å². The number of amides is 1. The first-order valence-electron chi connectivity index (χ1n) is 11.8. The highest BCUT2D eigenvalue weighted by atomic mass is 16.5. The molecule has 2 heterocycles. The number of carbonyl (C=O) groups excluding carboxylic acids is 2. The molecule has 0 fully saturated rings. The smallest absolute Gasteiger partial charge is 0.339 e. The zero-order chi connectivity index (χ0) is 24.9. The van der Waals surface area contributed by atoms with E-state index in [2.05, 4.69) is 17.1 Å². The SMILES string of the molecule is CCCN1CCc2nc3ccccc3c(C(=O)OC(C)C(=O)Nc3cc(OC)cc(OC)c3)c2C1. The summed E-state index contributed by atoms with van der Waals surface area (Å²) in [5, 5.41) is 3.51. The Balaban J connectivity index is 1.59. The van der Waals surface area contributed by atoms with Gasteiger partial charge in [-0.15, -0.1) is 0 Å². The van der Waals surface area contributed by atoms with Crippen LogP contribution in [0.15, 0.2) is 42.5 Å². The number of rotatable bonds is 8. The van der Waals surface area contributed by atoms with Crippen LogP contribution in [0.4, 0.5) is 5.69 Å². The van der Waals surface area contributed by atoms with Crippen LogP contribution in [0, 0.1) is 0 Å². The van der Waals surface area contributed by atoms with Gasteiger partial charge in [-0.2, -0.15) is 0 Å². The van der Waals surface area contributed by atoms with Gasteiger partial charge in [-0.05, 0) is 26.0 Å². The fourth-order valence-electron chi connectivity index (χ4n) is 4.38. The molecule has 1 N–H and O–H groups in total. The van der Waals surface area contributed by atoms with Crippen molar-refractivity contribution in [1.29, 1.82) is 0 Å². The molecule has 0 saturated carbocycles. The van der Waals surface area contributed by atoms with Crippen molar-refractivity contribution in [3.8, 4) is 11.5 Å². The van der Waals surface area contributed by atoms with Crippen LogP contribution in [0.5, 0.6) is 11.5 Å². The molecule has 184 valence electrons. The number of nitrogens with zero attached hydrogens (tertiary/aromatic N) is 2. The van der Waals surface area contributed by atoms with Gasteiger partial charge in [0, 0.05) is 60.0 Å². The third-order valence-corrected chi connectivity index (χ3v) is 6.14. The Morgan fingerprint density at radius 1 is 1.11 bits per heavy atom. The van der Waals surface area contributed by atoms with Gasteiger partial charge in [0.1, 0.15) is 11.5 Å². The Hall–Kier alpha value is -3.65. The van der Waals surface area contributed by atoms with E-state index in [0.29, 0.717) is 29.3 Å². The zero-order valence-electron chi connectivity index (χ0n) is 20.6. The van der Waals surface area contributed by atoms with E-state index in [-0.39, 0.29) is 0 Å². The summed E-state index contributed by atoms with van der Waals surface area (Å²) in [5.41, 5.74) is 3.54. The number of anilines is 1. The Morgan fingerprint density at radius 2 is 1.83 bits per heavy atom. The highest BCUT2D eigenvalue weighted by molar-refractivity contribution is 6.06. The van der Waals surface area contributed by atoms with Crippen LogP contribution >= 0.6 is 0 Å². The number of esters is 1. The molecule has 1 aromatic heterocycles. The van der Waals surface area contributed by atoms with E-state index < -0.39 is 18.0 Å². The predicted octanol–water partition coefficient (Wildman–Crippen LogP) is 4.20. The molecule has 8 heteroatoms. The summed E-state index contributed by atoms with van der Waals surface area (Å²) in [6.45, 7) is 6.19. The third-order valence-electron chi connectivity index (χ3n) is 6.14. The average Bonchev–Trinajstić information content (AvgIpc) is 2.87. The molecular weight excluding hydrogens is 446 g/mol. The van der Waals surface area contributed by atoms with Crippen molar-refractivity contribution in [3.63, 3.8) is 0 Å². The third kappa shape index (κ3) is 5.38. The van der Waals surface area contributed by atoms with Gasteiger partial charge >= 0.3 is 5.97 Å². The lowest BCUT2D eigenvalue weighted by molar-refractivity contribution is -0.123. The fourth-order valence-corrected chi connectivity index (χ4v) is 4.38. The second-order valence-electron chi connectivity index (χ2n) is 8.59. The maximum Gasteiger partial charge on any atom is 0.339 e. The number of nitrogens with one attached hydrogen (secondary N) is 1. The summed E-state index contributed by atoms with van der Waals surface area (Å²) >= 11 is 0. The highest BCUT2D eigenvalue weighted by Gasteiger charge is 2.28. The maximum absolute atomic E-state index is 13.5. The van der Waals surface area contributed by atoms with E-state index in [4.69, 9.17) is 19.2 Å². The minimum atomic E-state index is -1.02. The van der Waals surface area contributed by atoms with Crippen LogP contribution in [0.1, 0.15) is 41.9 Å². The summed E-state index contributed by atoms with van der Waals surface area (Å²) in [6, 6.07) is 12.6. The standard InChI is InChI=1S/C27H31N3O5/c1-5-11-30-12-10-24-22(16-30)25(21-8-6-7-9-23(21)29-24)27(32)35-17(2)26(31)28-18-13-19(33-3)15-20(14-18)34-4/h6-9,13-15,17H,5,10-12,16H2,1-4H3,(H,28,31). The largest absolute Gasteiger partial charge is 0.497 e. The summed E-state index contributed by atoms with van der Waals surface area (Å²) in [7, 11) is 3.07. The number of benzene rings is 2. The van der Waals surface area contributed by atoms with E-state index in [1.807, 2.05) is 24.3 Å². The monoisotopic (exact) mass is 477 g/mol. The molecule has 1 amide bonds. The van der Waals surface area contributed by atoms with Crippen molar-refractivity contribution in [2.45, 2.75) is 39.3 Å². The van der Waals surface area contributed by atoms with Crippen molar-refractivity contribution in [2.24, 2.45) is 0 Å². The molecule has 35 heavy (non-hydrogen) atoms. The predicted molar refractivity (Wildman–Crippen MR) is 134 cm³/mol. The van der Waals surface area contributed by atoms with Gasteiger partial charge in [0.05, 0.1) is 25.3 Å². The number of carbonyl (C=O) groups is 2. The van der Waals surface area contributed by atoms with Gasteiger partial charge in [0.2, 0.25) is 0 Å². The lowest BCUT2D eigenvalue weighted by Gasteiger charge is -2.29. The molecule has 3 aromatic rings. The Morgan fingerprint density at radius 3 is 2.51 bits per heavy atom. The van der Waals surface area contributed by atoms with Crippen molar-refractivity contribution >= 4 is 28.5 Å². The van der Waals surface area contributed by atoms with Gasteiger partial charge in [0.25, 0.3) is 5.91 Å². The van der Waals surface area contributed by atoms with Crippen LogP contribution in [0.25, 0.3) is 10.9 Å². The van der Waals surface area contributed by atoms with E-state index in [0.717, 1.165) is 48.1 Å². The molecule has 8 nitrogen and oxygen atoms in total. The molecule has 0 radical (unpaired) electrons. The molecular formula is C27H31N3O5. The van der Waals surface area contributed by atoms with Crippen LogP contribution in [-0.4, -0.2) is 55.2 Å². The lowest BCUT2D eigenvalue weighted by Crippen LogP contribution is -2.34. The molecule has 0 aliphatic carbocycles. The van der Waals surface area contributed by atoms with Gasteiger partial charge in [0.15, 0.2) is 6.10 Å². The fraction of sp³-hybridized carbons (Fsp3) is 0.370. The van der Waals surface area contributed by atoms with Crippen LogP contribution in [0.2, 0.25) is 0 Å². The minimum Gasteiger partial charge on any atom is -0.497 e. The van der Waals surface area contributed by atoms with Crippen molar-refractivity contribution < 1.29 is 23.8 Å². The Labute approximate surface area is 205 Å². The number of ether oxygens (including phenoxy) is 3. The molecule has 1 unspecified atom stereocenters. The summed E-state index contributed by atoms with van der Waals surface area (Å²) in [5.74, 6) is 0.101. The first-order chi connectivity index (χ1) is 16.9. The Kier molecular flexibility index (Phi) is 7.51. The first kappa shape index (κ1) is 24.5. The second-order valence-corrected chi connectivity index (χ2v) is 8.59. The molecule has 1 aliphatic heterocycles. The topological polar surface area (TPSA) is 90.0 Å². The van der Waals surface area contributed by atoms with E-state index in [9.17, 15) is 9.59 Å². The quantitative estimate of drug-likeness (QED) is 0.486. The van der Waals surface area contributed by atoms with Crippen molar-refractivity contribution in [3.05, 3.63) is 59.3 Å². The summed E-state index contributed by atoms with van der Waals surface area (Å²) in [6.07, 6.45) is 0.786. The maximum atomic E-state index is 13.5. The van der Waals surface area contributed by atoms with Crippen LogP contribution < -0.4 is 14.8 Å². The summed E-state index contributed by atoms with van der Waals surface area (Å²) in [4.78, 5) is 33.5. The van der Waals surface area contributed by atoms with Crippen LogP contribution in [-0.2, 0) is 22.5 Å². The van der Waals surface area contributed by atoms with Gasteiger partial charge in [-0.3, -0.25) is 14.7 Å². The minimum absolute atomic E-state index is 0.450.